The van der Waals surface area contributed by atoms with E-state index >= 15 is 0 Å². The van der Waals surface area contributed by atoms with Crippen LogP contribution in [0.25, 0.3) is 44.1 Å². The number of imide groups is 4. The average molecular weight is 1590 g/mol. The molecule has 115 heavy (non-hydrogen) atoms. The van der Waals surface area contributed by atoms with Crippen LogP contribution in [0, 0.1) is 0 Å². The number of piperidine rings is 2. The molecule has 4 aliphatic rings. The number of carboxylic acids is 1. The lowest BCUT2D eigenvalue weighted by atomic mass is 9.98. The zero-order chi connectivity index (χ0) is 83.9. The highest BCUT2D eigenvalue weighted by Gasteiger charge is 2.46. The number of carboxylic acid groups (broad SMARTS) is 1. The number of benzene rings is 4. The Labute approximate surface area is 666 Å². The van der Waals surface area contributed by atoms with Gasteiger partial charge in [-0.2, -0.15) is 10.2 Å². The van der Waals surface area contributed by atoms with Crippen molar-refractivity contribution in [3.05, 3.63) is 151 Å². The maximum absolute atomic E-state index is 13.1. The van der Waals surface area contributed by atoms with Gasteiger partial charge in [-0.05, 0) is 142 Å². The number of nitrogens with two attached hydrogens (primary N) is 1. The zero-order valence-electron chi connectivity index (χ0n) is 67.5. The number of fused-ring (bicyclic) bond motifs is 4. The fourth-order valence-corrected chi connectivity index (χ4v) is 15.0. The number of pyridine rings is 2. The molecule has 2 saturated heterocycles. The van der Waals surface area contributed by atoms with E-state index in [0.29, 0.717) is 87.7 Å². The van der Waals surface area contributed by atoms with Gasteiger partial charge in [0.2, 0.25) is 29.5 Å². The van der Waals surface area contributed by atoms with Crippen LogP contribution in [0.15, 0.2) is 95.0 Å². The smallest absolute Gasteiger partial charge is 0.317 e. The summed E-state index contributed by atoms with van der Waals surface area (Å²) in [6, 6.07) is 16.3. The van der Waals surface area contributed by atoms with Gasteiger partial charge >= 0.3 is 5.97 Å². The van der Waals surface area contributed by atoms with Crippen molar-refractivity contribution in [1.29, 1.82) is 0 Å². The Hall–Kier alpha value is -11.7. The van der Waals surface area contributed by atoms with Crippen molar-refractivity contribution < 1.29 is 77.8 Å². The van der Waals surface area contributed by atoms with Gasteiger partial charge in [0.25, 0.3) is 34.7 Å². The van der Waals surface area contributed by atoms with E-state index in [-0.39, 0.29) is 61.7 Å². The van der Waals surface area contributed by atoms with E-state index in [9.17, 15) is 61.9 Å². The highest BCUT2D eigenvalue weighted by atomic mass is 19.1. The van der Waals surface area contributed by atoms with Gasteiger partial charge < -0.3 is 49.6 Å². The summed E-state index contributed by atoms with van der Waals surface area (Å²) < 4.78 is 44.3. The number of carbonyl (C=O) groups excluding carboxylic acids is 9. The number of unbranched alkanes of at least 4 members (excludes halogenated alkanes) is 12. The van der Waals surface area contributed by atoms with Gasteiger partial charge in [-0.3, -0.25) is 91.7 Å². The monoisotopic (exact) mass is 1590 g/mol. The van der Waals surface area contributed by atoms with Gasteiger partial charge in [0.1, 0.15) is 46.1 Å². The molecular formula is C84H104FN13O17. The zero-order valence-corrected chi connectivity index (χ0v) is 66.5. The molecule has 2 atom stereocenters. The average Bonchev–Trinajstić information content (AvgIpc) is 1.65. The Morgan fingerprint density at radius 3 is 1.32 bits per heavy atom. The van der Waals surface area contributed by atoms with E-state index in [1.165, 1.54) is 30.3 Å². The van der Waals surface area contributed by atoms with Crippen LogP contribution in [0.2, 0.25) is 0 Å². The first-order valence-electron chi connectivity index (χ1n) is 39.5. The van der Waals surface area contributed by atoms with Crippen LogP contribution in [0.3, 0.4) is 0 Å². The Morgan fingerprint density at radius 1 is 0.530 bits per heavy atom. The number of halogens is 1. The number of amides is 9. The number of carbonyl (C=O) groups is 10. The summed E-state index contributed by atoms with van der Waals surface area (Å²) in [5.41, 5.74) is 14.5. The van der Waals surface area contributed by atoms with Crippen molar-refractivity contribution in [1.82, 2.24) is 59.8 Å². The summed E-state index contributed by atoms with van der Waals surface area (Å²) in [6.07, 6.45) is 26.0. The molecule has 0 spiro atoms. The van der Waals surface area contributed by atoms with Crippen molar-refractivity contribution in [2.24, 2.45) is 33.9 Å². The predicted octanol–water partition coefficient (Wildman–Crippen LogP) is 8.81. The van der Waals surface area contributed by atoms with Gasteiger partial charge in [-0.1, -0.05) is 76.3 Å². The number of ether oxygens (including phenoxy) is 4. The summed E-state index contributed by atoms with van der Waals surface area (Å²) in [5.74, 6) is -2.33. The van der Waals surface area contributed by atoms with Crippen LogP contribution < -0.4 is 57.1 Å². The number of rotatable bonds is 35. The minimum atomic E-state index is -1.00. The minimum Gasteiger partial charge on any atom is -0.496 e. The molecule has 614 valence electrons. The number of hydrogen-bond acceptors (Lipinski definition) is 20. The molecule has 8 aromatic rings. The summed E-state index contributed by atoms with van der Waals surface area (Å²) in [7, 11) is 12.2. The molecule has 0 aliphatic carbocycles. The van der Waals surface area contributed by atoms with E-state index < -0.39 is 66.6 Å². The van der Waals surface area contributed by atoms with Crippen molar-refractivity contribution in [3.8, 4) is 45.3 Å². The van der Waals surface area contributed by atoms with E-state index in [1.54, 1.807) is 120 Å². The Kier molecular flexibility index (Phi) is 30.8. The number of nitrogens with one attached hydrogen (secondary N) is 4. The van der Waals surface area contributed by atoms with Gasteiger partial charge in [0, 0.05) is 106 Å². The molecule has 7 N–H and O–H groups in total. The third-order valence-electron chi connectivity index (χ3n) is 21.0. The number of methoxy groups -OCH3 is 4. The van der Waals surface area contributed by atoms with Gasteiger partial charge in [0.05, 0.1) is 78.2 Å². The van der Waals surface area contributed by atoms with E-state index in [0.717, 1.165) is 143 Å². The number of aliphatic carboxylic acids is 1. The standard InChI is InChI=1S/C42H50N6O8.C22H29N3O4.C19H22N4O5.CH3F/c1-46-25-32(31-24-44-47(2)38(31)42(46)54)27-22-34(55-3)29(35(23-27)56-4)14-12-15-36(49)43-20-11-9-7-5-6-8-10-13-26-16-17-28-30(21-26)41(53)48(40(28)52)33-18-19-37(50)45-39(33)51;23-13-7-5-3-1-2-4-6-8-15-9-10-16-17(14-15)22(29)25(21(16)28)18-11-12-19(26)24-20(18)27;1-22-10-14(12-8-21-23(2)18(12)19(22)26)11-5-15(27-3)13(16(6-11)28-4)7-20-9-17(24)25;1-2/h16-17,21-25,33H,5-15,18-20H2,1-4H3,(H,43,49)(H,45,50,51);9-10,14,18H,1-8,11-13,23H2,(H,24,26,27);5-6,8,10,20H,7,9H2,1-4H3,(H,24,25);1H3/i;;;1D. The molecule has 4 aromatic heterocycles. The van der Waals surface area contributed by atoms with Crippen molar-refractivity contribution in [3.63, 3.8) is 0 Å². The second-order valence-electron chi connectivity index (χ2n) is 28.8. The van der Waals surface area contributed by atoms with Crippen LogP contribution in [-0.4, -0.2) is 170 Å². The minimum absolute atomic E-state index is 0.0185. The second kappa shape index (κ2) is 41.3. The van der Waals surface area contributed by atoms with E-state index in [4.69, 9.17) is 31.2 Å². The Balaban J connectivity index is 0.000000215. The number of nitrogens with zero attached hydrogens (tertiary/aromatic N) is 8. The molecular weight excluding hydrogens is 1480 g/mol. The molecule has 31 heteroatoms. The first kappa shape index (κ1) is 85.7. The summed E-state index contributed by atoms with van der Waals surface area (Å²) in [4.78, 5) is 149. The number of alkyl halides is 1. The lowest BCUT2D eigenvalue weighted by molar-refractivity contribution is -0.137. The maximum Gasteiger partial charge on any atom is 0.317 e. The van der Waals surface area contributed by atoms with Crippen molar-refractivity contribution >= 4 is 80.9 Å². The molecule has 0 saturated carbocycles. The summed E-state index contributed by atoms with van der Waals surface area (Å²) in [6.45, 7) is 1.50. The normalized spacial score (nSPS) is 15.1. The highest BCUT2D eigenvalue weighted by molar-refractivity contribution is 6.24. The molecule has 4 aromatic carbocycles. The van der Waals surface area contributed by atoms with Gasteiger partial charge in [-0.25, -0.2) is 0 Å². The molecule has 4 aliphatic heterocycles. The SMILES string of the molecule is COc1cc(-c2cn(C)c(=O)c3c2cnn3C)cc(OC)c1CCCC(=O)NCCCCCCCCCc1ccc2c(c1)C(=O)N(C1CCC(=O)NC1=O)C2=O.COc1cc(-c2cn(C)c(=O)c3c2cnn3C)cc(OC)c1CNCC(=O)O.NCCCCCCCCCc1ccc2c(c1)C(=O)N(C1CCC(=O)NC1=O)C2=O.[2H]CF. The van der Waals surface area contributed by atoms with E-state index in [2.05, 4.69) is 31.5 Å². The lowest BCUT2D eigenvalue weighted by Crippen LogP contribution is -2.54. The van der Waals surface area contributed by atoms with Gasteiger partial charge in [0.15, 0.2) is 0 Å². The molecule has 0 bridgehead atoms. The van der Waals surface area contributed by atoms with Crippen LogP contribution in [0.5, 0.6) is 23.0 Å². The molecule has 8 heterocycles. The van der Waals surface area contributed by atoms with Crippen molar-refractivity contribution in [2.45, 2.75) is 166 Å². The molecule has 9 amide bonds. The van der Waals surface area contributed by atoms with Crippen LogP contribution in [-0.2, 0) is 82.8 Å². The molecule has 30 nitrogen and oxygen atoms in total. The van der Waals surface area contributed by atoms with E-state index in [1.807, 2.05) is 36.4 Å². The third-order valence-corrected chi connectivity index (χ3v) is 21.0. The number of aryl methyl sites for hydroxylation is 6. The molecule has 12 rings (SSSR count). The number of aromatic nitrogens is 6. The molecule has 0 radical (unpaired) electrons. The van der Waals surface area contributed by atoms with Gasteiger partial charge in [-0.15, -0.1) is 0 Å². The third kappa shape index (κ3) is 21.0. The Bertz CT molecular complexity index is 5040. The lowest BCUT2D eigenvalue weighted by Gasteiger charge is -2.27. The maximum atomic E-state index is 13.1. The first-order chi connectivity index (χ1) is 55.8. The highest BCUT2D eigenvalue weighted by Crippen LogP contribution is 2.40. The quantitative estimate of drug-likeness (QED) is 0.0159. The second-order valence-corrected chi connectivity index (χ2v) is 28.8. The summed E-state index contributed by atoms with van der Waals surface area (Å²) in [5, 5.41) is 29.1. The topological polar surface area (TPSA) is 388 Å². The van der Waals surface area contributed by atoms with Crippen LogP contribution in [0.1, 0.15) is 193 Å². The largest absolute Gasteiger partial charge is 0.496 e. The van der Waals surface area contributed by atoms with Crippen LogP contribution in [0.4, 0.5) is 4.39 Å². The van der Waals surface area contributed by atoms with Crippen LogP contribution >= 0.6 is 0 Å². The number of hydrogen-bond donors (Lipinski definition) is 6. The fraction of sp³-hybridized carbons (Fsp3) is 0.452. The predicted molar refractivity (Wildman–Crippen MR) is 429 cm³/mol. The summed E-state index contributed by atoms with van der Waals surface area (Å²) >= 11 is 0. The fourth-order valence-electron chi connectivity index (χ4n) is 15.0. The molecule has 2 unspecified atom stereocenters. The first-order valence-corrected chi connectivity index (χ1v) is 38.8. The Morgan fingerprint density at radius 2 is 0.922 bits per heavy atom. The molecule has 2 fully saturated rings. The van der Waals surface area contributed by atoms with Crippen molar-refractivity contribution in [2.75, 3.05) is 55.2 Å².